The lowest BCUT2D eigenvalue weighted by Crippen LogP contribution is -2.50. The maximum atomic E-state index is 12.9. The van der Waals surface area contributed by atoms with E-state index in [1.54, 1.807) is 0 Å². The van der Waals surface area contributed by atoms with E-state index < -0.39 is 0 Å². The summed E-state index contributed by atoms with van der Waals surface area (Å²) < 4.78 is 7.76. The summed E-state index contributed by atoms with van der Waals surface area (Å²) in [5.41, 5.74) is 3.90. The average molecular weight is 405 g/mol. The molecule has 3 aromatic rings. The molecule has 2 heterocycles. The third kappa shape index (κ3) is 4.24. The molecule has 0 radical (unpaired) electrons. The minimum Gasteiger partial charge on any atom is -0.494 e. The molecule has 1 atom stereocenters. The molecule has 1 amide bonds. The predicted molar refractivity (Wildman–Crippen MR) is 117 cm³/mol. The van der Waals surface area contributed by atoms with Crippen LogP contribution in [0.3, 0.4) is 0 Å². The highest BCUT2D eigenvalue weighted by atomic mass is 16.5. The van der Waals surface area contributed by atoms with Crippen molar-refractivity contribution in [3.05, 3.63) is 77.6 Å². The molecule has 1 aromatic heterocycles. The van der Waals surface area contributed by atoms with Gasteiger partial charge in [-0.2, -0.15) is 5.10 Å². The van der Waals surface area contributed by atoms with E-state index in [1.807, 2.05) is 79.2 Å². The van der Waals surface area contributed by atoms with Gasteiger partial charge in [0.05, 0.1) is 18.0 Å². The Morgan fingerprint density at radius 1 is 1.07 bits per heavy atom. The first-order chi connectivity index (χ1) is 14.6. The molecule has 1 unspecified atom stereocenters. The maximum Gasteiger partial charge on any atom is 0.242 e. The highest BCUT2D eigenvalue weighted by Crippen LogP contribution is 2.30. The highest BCUT2D eigenvalue weighted by Gasteiger charge is 2.35. The fraction of sp³-hybridized carbons (Fsp3) is 0.333. The fourth-order valence-corrected chi connectivity index (χ4v) is 4.11. The van der Waals surface area contributed by atoms with E-state index in [0.29, 0.717) is 13.2 Å². The molecule has 0 spiro atoms. The Balaban J connectivity index is 1.50. The van der Waals surface area contributed by atoms with Crippen molar-refractivity contribution in [2.24, 2.45) is 0 Å². The molecule has 30 heavy (non-hydrogen) atoms. The van der Waals surface area contributed by atoms with Crippen LogP contribution in [0.2, 0.25) is 0 Å². The zero-order valence-corrected chi connectivity index (χ0v) is 17.5. The molecule has 4 rings (SSSR count). The zero-order chi connectivity index (χ0) is 20.9. The number of amides is 1. The van der Waals surface area contributed by atoms with Gasteiger partial charge in [-0.05, 0) is 44.5 Å². The summed E-state index contributed by atoms with van der Waals surface area (Å²) in [7, 11) is 0. The average Bonchev–Trinajstić information content (AvgIpc) is 3.07. The van der Waals surface area contributed by atoms with E-state index in [-0.39, 0.29) is 11.9 Å². The summed E-state index contributed by atoms with van der Waals surface area (Å²) >= 11 is 0. The van der Waals surface area contributed by atoms with Crippen LogP contribution in [0.5, 0.6) is 5.75 Å². The molecule has 6 heteroatoms. The van der Waals surface area contributed by atoms with Crippen LogP contribution in [-0.4, -0.2) is 46.8 Å². The second kappa shape index (κ2) is 9.13. The van der Waals surface area contributed by atoms with Gasteiger partial charge in [-0.1, -0.05) is 36.4 Å². The molecule has 156 valence electrons. The number of carbonyl (C=O) groups is 1. The van der Waals surface area contributed by atoms with Gasteiger partial charge >= 0.3 is 0 Å². The van der Waals surface area contributed by atoms with Gasteiger partial charge in [0.15, 0.2) is 0 Å². The topological polar surface area (TPSA) is 59.4 Å². The minimum absolute atomic E-state index is 0.0454. The first-order valence-corrected chi connectivity index (χ1v) is 10.5. The number of aromatic nitrogens is 2. The summed E-state index contributed by atoms with van der Waals surface area (Å²) in [5.74, 6) is 0.922. The van der Waals surface area contributed by atoms with Crippen LogP contribution in [0.25, 0.3) is 5.69 Å². The molecular weight excluding hydrogens is 376 g/mol. The van der Waals surface area contributed by atoms with E-state index >= 15 is 0 Å². The molecule has 0 aliphatic carbocycles. The van der Waals surface area contributed by atoms with Crippen molar-refractivity contribution >= 4 is 5.91 Å². The Bertz CT molecular complexity index is 985. The van der Waals surface area contributed by atoms with Crippen molar-refractivity contribution in [3.63, 3.8) is 0 Å². The van der Waals surface area contributed by atoms with E-state index in [4.69, 9.17) is 9.84 Å². The molecule has 1 N–H and O–H groups in total. The number of aryl methyl sites for hydroxylation is 1. The van der Waals surface area contributed by atoms with E-state index in [2.05, 4.69) is 10.2 Å². The van der Waals surface area contributed by atoms with Crippen molar-refractivity contribution in [3.8, 4) is 11.4 Å². The number of rotatable bonds is 7. The molecule has 2 aromatic carbocycles. The van der Waals surface area contributed by atoms with Gasteiger partial charge in [0, 0.05) is 30.9 Å². The summed E-state index contributed by atoms with van der Waals surface area (Å²) in [5, 5.41) is 7.78. The van der Waals surface area contributed by atoms with Crippen LogP contribution < -0.4 is 10.1 Å². The number of carbonyl (C=O) groups excluding carboxylic acids is 1. The zero-order valence-electron chi connectivity index (χ0n) is 17.5. The molecule has 1 saturated heterocycles. The first kappa shape index (κ1) is 20.2. The second-order valence-electron chi connectivity index (χ2n) is 7.58. The number of benzene rings is 2. The van der Waals surface area contributed by atoms with E-state index in [0.717, 1.165) is 47.9 Å². The number of nitrogens with one attached hydrogen (secondary N) is 1. The number of piperazine rings is 1. The number of hydrogen-bond acceptors (Lipinski definition) is 4. The summed E-state index contributed by atoms with van der Waals surface area (Å²) in [6, 6.07) is 19.6. The summed E-state index contributed by atoms with van der Waals surface area (Å²) in [4.78, 5) is 15.1. The van der Waals surface area contributed by atoms with E-state index in [9.17, 15) is 4.79 Å². The number of nitrogens with zero attached hydrogens (tertiary/aromatic N) is 3. The number of hydrogen-bond donors (Lipinski definition) is 1. The quantitative estimate of drug-likeness (QED) is 0.613. The standard InChI is InChI=1S/C24H28N4O2/c1-18-22(19(2)28(26-18)20-10-5-3-6-11-20)23-24(29)25-14-16-27(23)15-9-17-30-21-12-7-4-8-13-21/h3-8,10-13,23H,9,14-17H2,1-2H3,(H,25,29). The van der Waals surface area contributed by atoms with Crippen LogP contribution in [-0.2, 0) is 4.79 Å². The van der Waals surface area contributed by atoms with Crippen LogP contribution >= 0.6 is 0 Å². The SMILES string of the molecule is Cc1nn(-c2ccccc2)c(C)c1C1C(=O)NCCN1CCCOc1ccccc1. The van der Waals surface area contributed by atoms with Gasteiger partial charge in [0.1, 0.15) is 11.8 Å². The van der Waals surface area contributed by atoms with E-state index in [1.165, 1.54) is 0 Å². The fourth-order valence-electron chi connectivity index (χ4n) is 4.11. The molecule has 0 bridgehead atoms. The third-order valence-corrected chi connectivity index (χ3v) is 5.53. The monoisotopic (exact) mass is 404 g/mol. The van der Waals surface area contributed by atoms with Crippen molar-refractivity contribution in [2.75, 3.05) is 26.2 Å². The highest BCUT2D eigenvalue weighted by molar-refractivity contribution is 5.84. The Morgan fingerprint density at radius 2 is 1.77 bits per heavy atom. The molecule has 1 aliphatic rings. The number of ether oxygens (including phenoxy) is 1. The molecule has 1 aliphatic heterocycles. The lowest BCUT2D eigenvalue weighted by molar-refractivity contribution is -0.129. The van der Waals surface area contributed by atoms with Gasteiger partial charge in [0.25, 0.3) is 0 Å². The van der Waals surface area contributed by atoms with Crippen LogP contribution in [0.4, 0.5) is 0 Å². The predicted octanol–water partition coefficient (Wildman–Crippen LogP) is 3.43. The Kier molecular flexibility index (Phi) is 6.14. The van der Waals surface area contributed by atoms with Gasteiger partial charge in [0.2, 0.25) is 5.91 Å². The molecule has 0 saturated carbocycles. The van der Waals surface area contributed by atoms with Crippen molar-refractivity contribution < 1.29 is 9.53 Å². The smallest absolute Gasteiger partial charge is 0.242 e. The van der Waals surface area contributed by atoms with Crippen LogP contribution in [0.1, 0.15) is 29.4 Å². The van der Waals surface area contributed by atoms with Crippen molar-refractivity contribution in [2.45, 2.75) is 26.3 Å². The van der Waals surface area contributed by atoms with Crippen LogP contribution in [0.15, 0.2) is 60.7 Å². The first-order valence-electron chi connectivity index (χ1n) is 10.5. The summed E-state index contributed by atoms with van der Waals surface area (Å²) in [6.07, 6.45) is 0.851. The minimum atomic E-state index is -0.326. The summed E-state index contributed by atoms with van der Waals surface area (Å²) in [6.45, 7) is 6.93. The molecule has 6 nitrogen and oxygen atoms in total. The van der Waals surface area contributed by atoms with Crippen LogP contribution in [0, 0.1) is 13.8 Å². The number of para-hydroxylation sites is 2. The lowest BCUT2D eigenvalue weighted by atomic mass is 10.00. The van der Waals surface area contributed by atoms with Gasteiger partial charge in [-0.25, -0.2) is 4.68 Å². The third-order valence-electron chi connectivity index (χ3n) is 5.53. The van der Waals surface area contributed by atoms with Gasteiger partial charge in [-0.3, -0.25) is 9.69 Å². The second-order valence-corrected chi connectivity index (χ2v) is 7.58. The van der Waals surface area contributed by atoms with Crippen molar-refractivity contribution in [1.82, 2.24) is 20.0 Å². The Hall–Kier alpha value is -3.12. The van der Waals surface area contributed by atoms with Crippen molar-refractivity contribution in [1.29, 1.82) is 0 Å². The molecule has 1 fully saturated rings. The normalized spacial score (nSPS) is 17.0. The largest absolute Gasteiger partial charge is 0.494 e. The Morgan fingerprint density at radius 3 is 2.50 bits per heavy atom. The Labute approximate surface area is 177 Å². The van der Waals surface area contributed by atoms with Gasteiger partial charge < -0.3 is 10.1 Å². The van der Waals surface area contributed by atoms with Gasteiger partial charge in [-0.15, -0.1) is 0 Å². The lowest BCUT2D eigenvalue weighted by Gasteiger charge is -2.35. The molecular formula is C24H28N4O2. The maximum absolute atomic E-state index is 12.9.